The van der Waals surface area contributed by atoms with Gasteiger partial charge in [-0.15, -0.1) is 0 Å². The van der Waals surface area contributed by atoms with Crippen LogP contribution in [0, 0.1) is 0 Å². The monoisotopic (exact) mass is 276 g/mol. The zero-order valence-electron chi connectivity index (χ0n) is 12.6. The molecule has 1 unspecified atom stereocenters. The number of aryl methyl sites for hydroxylation is 1. The molecule has 2 rings (SSSR count). The highest BCUT2D eigenvalue weighted by atomic mass is 16.3. The van der Waals surface area contributed by atoms with E-state index in [1.165, 1.54) is 12.0 Å². The van der Waals surface area contributed by atoms with Gasteiger partial charge in [0, 0.05) is 0 Å². The summed E-state index contributed by atoms with van der Waals surface area (Å²) in [6, 6.07) is 8.23. The van der Waals surface area contributed by atoms with E-state index < -0.39 is 5.60 Å². The summed E-state index contributed by atoms with van der Waals surface area (Å²) in [7, 11) is 0. The average Bonchev–Trinajstić information content (AvgIpc) is 2.47. The normalized spacial score (nSPS) is 19.8. The van der Waals surface area contributed by atoms with Crippen molar-refractivity contribution in [3.05, 3.63) is 35.4 Å². The molecule has 0 saturated heterocycles. The van der Waals surface area contributed by atoms with E-state index in [1.54, 1.807) is 0 Å². The number of rotatable bonds is 6. The third kappa shape index (κ3) is 4.32. The highest BCUT2D eigenvalue weighted by Crippen LogP contribution is 2.32. The van der Waals surface area contributed by atoms with Gasteiger partial charge in [0.1, 0.15) is 0 Å². The van der Waals surface area contributed by atoms with Crippen molar-refractivity contribution in [1.29, 1.82) is 0 Å². The van der Waals surface area contributed by atoms with Gasteiger partial charge in [0.25, 0.3) is 0 Å². The second-order valence-corrected chi connectivity index (χ2v) is 6.33. The van der Waals surface area contributed by atoms with E-state index in [0.29, 0.717) is 0 Å². The molecule has 1 aliphatic carbocycles. The van der Waals surface area contributed by atoms with E-state index >= 15 is 0 Å². The molecule has 0 aliphatic heterocycles. The van der Waals surface area contributed by atoms with Gasteiger partial charge >= 0.3 is 0 Å². The summed E-state index contributed by atoms with van der Waals surface area (Å²) in [4.78, 5) is 0. The molecule has 1 saturated carbocycles. The van der Waals surface area contributed by atoms with Gasteiger partial charge in [-0.3, -0.25) is 0 Å². The molecule has 1 aromatic carbocycles. The van der Waals surface area contributed by atoms with Crippen molar-refractivity contribution in [3.63, 3.8) is 0 Å². The van der Waals surface area contributed by atoms with E-state index in [-0.39, 0.29) is 6.10 Å². The molecule has 1 atom stereocenters. The predicted octanol–water partition coefficient (Wildman–Crippen LogP) is 4.15. The first-order chi connectivity index (χ1) is 9.63. The highest BCUT2D eigenvalue weighted by Gasteiger charge is 2.28. The molecule has 112 valence electrons. The van der Waals surface area contributed by atoms with Crippen molar-refractivity contribution in [2.75, 3.05) is 0 Å². The lowest BCUT2D eigenvalue weighted by Crippen LogP contribution is -2.31. The minimum absolute atomic E-state index is 0.349. The van der Waals surface area contributed by atoms with Crippen molar-refractivity contribution in [2.45, 2.75) is 76.4 Å². The molecule has 2 nitrogen and oxygen atoms in total. The van der Waals surface area contributed by atoms with Crippen LogP contribution in [0.4, 0.5) is 0 Å². The van der Waals surface area contributed by atoms with Crippen LogP contribution in [0.1, 0.15) is 75.5 Å². The van der Waals surface area contributed by atoms with E-state index in [9.17, 15) is 10.2 Å². The third-order valence-electron chi connectivity index (χ3n) is 4.56. The first-order valence-corrected chi connectivity index (χ1v) is 8.12. The molecule has 2 heteroatoms. The van der Waals surface area contributed by atoms with Crippen LogP contribution >= 0.6 is 0 Å². The first kappa shape index (κ1) is 15.5. The second kappa shape index (κ2) is 7.24. The summed E-state index contributed by atoms with van der Waals surface area (Å²) in [6.45, 7) is 2.09. The molecular formula is C18H28O2. The number of benzene rings is 1. The Morgan fingerprint density at radius 3 is 2.65 bits per heavy atom. The number of hydrogen-bond donors (Lipinski definition) is 2. The molecular weight excluding hydrogens is 248 g/mol. The average molecular weight is 276 g/mol. The van der Waals surface area contributed by atoms with Crippen molar-refractivity contribution in [3.8, 4) is 0 Å². The van der Waals surface area contributed by atoms with Gasteiger partial charge in [0.2, 0.25) is 0 Å². The molecule has 0 aromatic heterocycles. The summed E-state index contributed by atoms with van der Waals surface area (Å²) >= 11 is 0. The van der Waals surface area contributed by atoms with E-state index in [4.69, 9.17) is 0 Å². The maximum absolute atomic E-state index is 10.5. The van der Waals surface area contributed by atoms with Gasteiger partial charge in [0.15, 0.2) is 0 Å². The Kier molecular flexibility index (Phi) is 5.62. The molecule has 1 fully saturated rings. The van der Waals surface area contributed by atoms with Crippen molar-refractivity contribution in [2.24, 2.45) is 0 Å². The van der Waals surface area contributed by atoms with E-state index in [0.717, 1.165) is 56.9 Å². The van der Waals surface area contributed by atoms with Crippen LogP contribution in [0.5, 0.6) is 0 Å². The lowest BCUT2D eigenvalue weighted by atomic mass is 9.81. The molecule has 1 aromatic rings. The maximum Gasteiger partial charge on any atom is 0.0790 e. The summed E-state index contributed by atoms with van der Waals surface area (Å²) in [5.41, 5.74) is 1.80. The van der Waals surface area contributed by atoms with Gasteiger partial charge in [-0.1, -0.05) is 56.9 Å². The van der Waals surface area contributed by atoms with Crippen LogP contribution < -0.4 is 0 Å². The van der Waals surface area contributed by atoms with Crippen LogP contribution in [-0.2, 0) is 6.42 Å². The minimum Gasteiger partial charge on any atom is -0.390 e. The Morgan fingerprint density at radius 2 is 1.95 bits per heavy atom. The molecule has 2 N–H and O–H groups in total. The topological polar surface area (TPSA) is 40.5 Å². The Labute approximate surface area is 122 Å². The molecule has 0 heterocycles. The molecule has 0 amide bonds. The molecule has 1 aliphatic rings. The Morgan fingerprint density at radius 1 is 1.20 bits per heavy atom. The largest absolute Gasteiger partial charge is 0.390 e. The Balaban J connectivity index is 1.94. The number of hydrogen-bond acceptors (Lipinski definition) is 2. The summed E-state index contributed by atoms with van der Waals surface area (Å²) in [6.07, 6.45) is 8.69. The van der Waals surface area contributed by atoms with Crippen molar-refractivity contribution < 1.29 is 10.2 Å². The van der Waals surface area contributed by atoms with Gasteiger partial charge in [0.05, 0.1) is 11.7 Å². The van der Waals surface area contributed by atoms with Crippen molar-refractivity contribution in [1.82, 2.24) is 0 Å². The molecule has 20 heavy (non-hydrogen) atoms. The summed E-state index contributed by atoms with van der Waals surface area (Å²) < 4.78 is 0. The number of aliphatic hydroxyl groups excluding tert-OH is 1. The highest BCUT2D eigenvalue weighted by molar-refractivity contribution is 5.25. The fraction of sp³-hybridized carbons (Fsp3) is 0.667. The summed E-state index contributed by atoms with van der Waals surface area (Å²) in [5, 5.41) is 20.6. The zero-order valence-corrected chi connectivity index (χ0v) is 12.6. The van der Waals surface area contributed by atoms with Crippen molar-refractivity contribution >= 4 is 0 Å². The Hall–Kier alpha value is -0.860. The van der Waals surface area contributed by atoms with Crippen LogP contribution in [0.15, 0.2) is 24.3 Å². The molecule has 0 radical (unpaired) electrons. The third-order valence-corrected chi connectivity index (χ3v) is 4.56. The zero-order chi connectivity index (χ0) is 14.4. The molecule has 0 bridgehead atoms. The van der Waals surface area contributed by atoms with Crippen LogP contribution in [0.2, 0.25) is 0 Å². The fourth-order valence-electron chi connectivity index (χ4n) is 3.23. The van der Waals surface area contributed by atoms with Crippen LogP contribution in [0.25, 0.3) is 0 Å². The second-order valence-electron chi connectivity index (χ2n) is 6.33. The standard InChI is InChI=1S/C18H28O2/c1-2-7-17(19)16-9-6-8-15(14-16)10-13-18(20)11-4-3-5-12-18/h6,8-9,14,17,19-20H,2-5,7,10-13H2,1H3. The van der Waals surface area contributed by atoms with Crippen LogP contribution in [-0.4, -0.2) is 15.8 Å². The SMILES string of the molecule is CCCC(O)c1cccc(CCC2(O)CCCCC2)c1. The smallest absolute Gasteiger partial charge is 0.0790 e. The van der Waals surface area contributed by atoms with Gasteiger partial charge in [-0.2, -0.15) is 0 Å². The quantitative estimate of drug-likeness (QED) is 0.819. The maximum atomic E-state index is 10.5. The van der Waals surface area contributed by atoms with Gasteiger partial charge < -0.3 is 10.2 Å². The lowest BCUT2D eigenvalue weighted by molar-refractivity contribution is -0.00342. The van der Waals surface area contributed by atoms with E-state index in [2.05, 4.69) is 19.1 Å². The molecule has 0 spiro atoms. The fourth-order valence-corrected chi connectivity index (χ4v) is 3.23. The first-order valence-electron chi connectivity index (χ1n) is 8.12. The van der Waals surface area contributed by atoms with E-state index in [1.807, 2.05) is 12.1 Å². The lowest BCUT2D eigenvalue weighted by Gasteiger charge is -2.32. The van der Waals surface area contributed by atoms with Gasteiger partial charge in [-0.05, 0) is 43.2 Å². The summed E-state index contributed by atoms with van der Waals surface area (Å²) in [5.74, 6) is 0. The van der Waals surface area contributed by atoms with Crippen LogP contribution in [0.3, 0.4) is 0 Å². The Bertz CT molecular complexity index is 408. The predicted molar refractivity (Wildman–Crippen MR) is 82.7 cm³/mol. The minimum atomic E-state index is -0.448. The number of aliphatic hydroxyl groups is 2. The van der Waals surface area contributed by atoms with Gasteiger partial charge in [-0.25, -0.2) is 0 Å².